The van der Waals surface area contributed by atoms with Crippen LogP contribution in [0.4, 0.5) is 11.6 Å². The minimum atomic E-state index is 0.383. The third-order valence-corrected chi connectivity index (χ3v) is 3.33. The van der Waals surface area contributed by atoms with Crippen molar-refractivity contribution >= 4 is 17.4 Å². The predicted octanol–water partition coefficient (Wildman–Crippen LogP) is 1.47. The van der Waals surface area contributed by atoms with E-state index in [1.807, 2.05) is 20.2 Å². The van der Waals surface area contributed by atoms with Gasteiger partial charge < -0.3 is 10.2 Å². The molecule has 5 nitrogen and oxygen atoms in total. The first-order valence-electron chi connectivity index (χ1n) is 5.95. The molecule has 17 heavy (non-hydrogen) atoms. The van der Waals surface area contributed by atoms with Gasteiger partial charge in [0.25, 0.3) is 0 Å². The molecule has 1 aliphatic rings. The topological polar surface area (TPSA) is 58.1 Å². The van der Waals surface area contributed by atoms with Crippen LogP contribution in [-0.4, -0.2) is 35.9 Å². The van der Waals surface area contributed by atoms with Crippen LogP contribution in [0.2, 0.25) is 0 Å². The number of Topliss-reactive ketones (excluding diaryl/α,β-unsaturated/α-hetero) is 1. The van der Waals surface area contributed by atoms with Gasteiger partial charge in [-0.1, -0.05) is 0 Å². The molecule has 5 heteroatoms. The molecule has 1 fully saturated rings. The molecule has 0 radical (unpaired) electrons. The van der Waals surface area contributed by atoms with Crippen LogP contribution in [-0.2, 0) is 4.79 Å². The minimum absolute atomic E-state index is 0.383. The van der Waals surface area contributed by atoms with E-state index in [4.69, 9.17) is 0 Å². The molecule has 1 aromatic rings. The van der Waals surface area contributed by atoms with Crippen LogP contribution >= 0.6 is 0 Å². The molecular weight excluding hydrogens is 216 g/mol. The second-order valence-electron chi connectivity index (χ2n) is 4.39. The number of hydrogen-bond donors (Lipinski definition) is 1. The Balaban J connectivity index is 2.07. The molecule has 0 unspecified atom stereocenters. The van der Waals surface area contributed by atoms with Gasteiger partial charge in [-0.15, -0.1) is 0 Å². The number of carbonyl (C=O) groups is 1. The molecule has 0 atom stereocenters. The van der Waals surface area contributed by atoms with E-state index < -0.39 is 0 Å². The average Bonchev–Trinajstić information content (AvgIpc) is 2.39. The number of aromatic nitrogens is 2. The molecule has 1 aromatic heterocycles. The molecule has 0 bridgehead atoms. The lowest BCUT2D eigenvalue weighted by Crippen LogP contribution is -2.35. The lowest BCUT2D eigenvalue weighted by molar-refractivity contribution is -0.120. The summed E-state index contributed by atoms with van der Waals surface area (Å²) < 4.78 is 0. The Bertz CT molecular complexity index is 397. The SMILES string of the molecule is CNc1cc(N(C)C2CCC(=O)CC2)ncn1. The number of carbonyl (C=O) groups excluding carboxylic acids is 1. The van der Waals surface area contributed by atoms with Crippen molar-refractivity contribution in [3.8, 4) is 0 Å². The first-order chi connectivity index (χ1) is 8.20. The lowest BCUT2D eigenvalue weighted by atomic mass is 9.93. The molecule has 0 aromatic carbocycles. The smallest absolute Gasteiger partial charge is 0.134 e. The Kier molecular flexibility index (Phi) is 3.56. The highest BCUT2D eigenvalue weighted by molar-refractivity contribution is 5.79. The minimum Gasteiger partial charge on any atom is -0.373 e. The largest absolute Gasteiger partial charge is 0.373 e. The number of nitrogens with one attached hydrogen (secondary N) is 1. The fraction of sp³-hybridized carbons (Fsp3) is 0.583. The number of nitrogens with zero attached hydrogens (tertiary/aromatic N) is 3. The van der Waals surface area contributed by atoms with Crippen molar-refractivity contribution in [1.29, 1.82) is 0 Å². The third-order valence-electron chi connectivity index (χ3n) is 3.33. The third kappa shape index (κ3) is 2.72. The van der Waals surface area contributed by atoms with Gasteiger partial charge in [-0.25, -0.2) is 9.97 Å². The second-order valence-corrected chi connectivity index (χ2v) is 4.39. The molecule has 0 spiro atoms. The van der Waals surface area contributed by atoms with Crippen LogP contribution in [0.15, 0.2) is 12.4 Å². The van der Waals surface area contributed by atoms with Gasteiger partial charge in [0.1, 0.15) is 23.7 Å². The maximum atomic E-state index is 11.2. The van der Waals surface area contributed by atoms with E-state index in [0.29, 0.717) is 24.7 Å². The Labute approximate surface area is 101 Å². The van der Waals surface area contributed by atoms with E-state index in [9.17, 15) is 4.79 Å². The number of anilines is 2. The van der Waals surface area contributed by atoms with Gasteiger partial charge in [0.05, 0.1) is 0 Å². The summed E-state index contributed by atoms with van der Waals surface area (Å²) >= 11 is 0. The highest BCUT2D eigenvalue weighted by Gasteiger charge is 2.23. The zero-order valence-electron chi connectivity index (χ0n) is 10.3. The Morgan fingerprint density at radius 3 is 2.71 bits per heavy atom. The van der Waals surface area contributed by atoms with Crippen molar-refractivity contribution in [2.45, 2.75) is 31.7 Å². The normalized spacial score (nSPS) is 16.9. The standard InChI is InChI=1S/C12H18N4O/c1-13-11-7-12(15-8-14-11)16(2)9-3-5-10(17)6-4-9/h7-9H,3-6H2,1-2H3,(H,13,14,15). The fourth-order valence-electron chi connectivity index (χ4n) is 2.18. The van der Waals surface area contributed by atoms with E-state index in [1.54, 1.807) is 6.33 Å². The molecule has 92 valence electrons. The van der Waals surface area contributed by atoms with Gasteiger partial charge in [-0.3, -0.25) is 4.79 Å². The van der Waals surface area contributed by atoms with Gasteiger partial charge >= 0.3 is 0 Å². The van der Waals surface area contributed by atoms with E-state index in [2.05, 4.69) is 20.2 Å². The quantitative estimate of drug-likeness (QED) is 0.858. The van der Waals surface area contributed by atoms with Crippen LogP contribution in [0.25, 0.3) is 0 Å². The summed E-state index contributed by atoms with van der Waals surface area (Å²) in [6.07, 6.45) is 4.80. The fourth-order valence-corrected chi connectivity index (χ4v) is 2.18. The van der Waals surface area contributed by atoms with E-state index >= 15 is 0 Å². The molecular formula is C12H18N4O. The van der Waals surface area contributed by atoms with Gasteiger partial charge in [0.15, 0.2) is 0 Å². The second kappa shape index (κ2) is 5.12. The Hall–Kier alpha value is -1.65. The maximum Gasteiger partial charge on any atom is 0.134 e. The summed E-state index contributed by atoms with van der Waals surface area (Å²) in [6.45, 7) is 0. The molecule has 1 aliphatic carbocycles. The summed E-state index contributed by atoms with van der Waals surface area (Å²) in [4.78, 5) is 21.7. The van der Waals surface area contributed by atoms with Crippen LogP contribution in [0.1, 0.15) is 25.7 Å². The number of hydrogen-bond acceptors (Lipinski definition) is 5. The summed E-state index contributed by atoms with van der Waals surface area (Å²) in [5.41, 5.74) is 0. The molecule has 1 saturated carbocycles. The van der Waals surface area contributed by atoms with Crippen molar-refractivity contribution in [3.63, 3.8) is 0 Å². The number of ketones is 1. The first kappa shape index (κ1) is 11.8. The Morgan fingerprint density at radius 1 is 1.35 bits per heavy atom. The van der Waals surface area contributed by atoms with Crippen molar-refractivity contribution in [1.82, 2.24) is 9.97 Å². The molecule has 1 heterocycles. The van der Waals surface area contributed by atoms with Crippen LogP contribution in [0, 0.1) is 0 Å². The van der Waals surface area contributed by atoms with Crippen LogP contribution < -0.4 is 10.2 Å². The maximum absolute atomic E-state index is 11.2. The molecule has 0 aliphatic heterocycles. The highest BCUT2D eigenvalue weighted by atomic mass is 16.1. The van der Waals surface area contributed by atoms with Gasteiger partial charge in [0.2, 0.25) is 0 Å². The monoisotopic (exact) mass is 234 g/mol. The Morgan fingerprint density at radius 2 is 2.06 bits per heavy atom. The summed E-state index contributed by atoms with van der Waals surface area (Å²) in [6, 6.07) is 2.34. The van der Waals surface area contributed by atoms with Gasteiger partial charge in [-0.2, -0.15) is 0 Å². The summed E-state index contributed by atoms with van der Waals surface area (Å²) in [5.74, 6) is 2.10. The summed E-state index contributed by atoms with van der Waals surface area (Å²) in [5, 5.41) is 3.00. The van der Waals surface area contributed by atoms with Crippen molar-refractivity contribution in [2.75, 3.05) is 24.3 Å². The summed E-state index contributed by atoms with van der Waals surface area (Å²) in [7, 11) is 3.87. The van der Waals surface area contributed by atoms with Crippen LogP contribution in [0.3, 0.4) is 0 Å². The lowest BCUT2D eigenvalue weighted by Gasteiger charge is -2.31. The molecule has 2 rings (SSSR count). The van der Waals surface area contributed by atoms with E-state index in [-0.39, 0.29) is 0 Å². The average molecular weight is 234 g/mol. The van der Waals surface area contributed by atoms with E-state index in [0.717, 1.165) is 24.5 Å². The van der Waals surface area contributed by atoms with Gasteiger partial charge in [-0.05, 0) is 12.8 Å². The van der Waals surface area contributed by atoms with Crippen molar-refractivity contribution in [3.05, 3.63) is 12.4 Å². The molecule has 0 amide bonds. The zero-order chi connectivity index (χ0) is 12.3. The van der Waals surface area contributed by atoms with Crippen molar-refractivity contribution < 1.29 is 4.79 Å². The van der Waals surface area contributed by atoms with Crippen molar-refractivity contribution in [2.24, 2.45) is 0 Å². The molecule has 1 N–H and O–H groups in total. The molecule has 0 saturated heterocycles. The predicted molar refractivity (Wildman–Crippen MR) is 67.2 cm³/mol. The zero-order valence-corrected chi connectivity index (χ0v) is 10.3. The first-order valence-corrected chi connectivity index (χ1v) is 5.95. The highest BCUT2D eigenvalue weighted by Crippen LogP contribution is 2.23. The van der Waals surface area contributed by atoms with Gasteiger partial charge in [0, 0.05) is 39.0 Å². The number of rotatable bonds is 3. The van der Waals surface area contributed by atoms with Crippen LogP contribution in [0.5, 0.6) is 0 Å². The van der Waals surface area contributed by atoms with E-state index in [1.165, 1.54) is 0 Å².